The topological polar surface area (TPSA) is 45.2 Å². The lowest BCUT2D eigenvalue weighted by Crippen LogP contribution is -2.48. The van der Waals surface area contributed by atoms with Crippen molar-refractivity contribution in [3.8, 4) is 0 Å². The Kier molecular flexibility index (Phi) is 4.29. The number of hydrogen-bond acceptors (Lipinski definition) is 3. The number of nitrogens with one attached hydrogen (secondary N) is 1. The van der Waals surface area contributed by atoms with E-state index in [1.807, 2.05) is 6.07 Å². The second kappa shape index (κ2) is 6.37. The van der Waals surface area contributed by atoms with Crippen molar-refractivity contribution in [2.45, 2.75) is 6.04 Å². The summed E-state index contributed by atoms with van der Waals surface area (Å²) in [5.41, 5.74) is 0.605. The summed E-state index contributed by atoms with van der Waals surface area (Å²) in [6.07, 6.45) is 3.26. The highest BCUT2D eigenvalue weighted by Gasteiger charge is 2.29. The minimum Gasteiger partial charge on any atom is -0.329 e. The highest BCUT2D eigenvalue weighted by Crippen LogP contribution is 2.24. The molecule has 0 bridgehead atoms. The summed E-state index contributed by atoms with van der Waals surface area (Å²) < 4.78 is 39.8. The van der Waals surface area contributed by atoms with Crippen molar-refractivity contribution in [1.82, 2.24) is 15.2 Å². The highest BCUT2D eigenvalue weighted by molar-refractivity contribution is 5.94. The molecule has 1 amide bonds. The van der Waals surface area contributed by atoms with E-state index < -0.39 is 23.4 Å². The average Bonchev–Trinajstić information content (AvgIpc) is 2.59. The molecule has 1 unspecified atom stereocenters. The number of rotatable bonds is 2. The average molecular weight is 321 g/mol. The highest BCUT2D eigenvalue weighted by atomic mass is 19.2. The molecular weight excluding hydrogens is 307 g/mol. The molecule has 1 aliphatic rings. The fraction of sp³-hybridized carbons (Fsp3) is 0.250. The maximum atomic E-state index is 13.4. The summed E-state index contributed by atoms with van der Waals surface area (Å²) in [7, 11) is 0. The first kappa shape index (κ1) is 15.5. The van der Waals surface area contributed by atoms with Crippen molar-refractivity contribution < 1.29 is 18.0 Å². The Morgan fingerprint density at radius 3 is 2.65 bits per heavy atom. The molecule has 7 heteroatoms. The zero-order chi connectivity index (χ0) is 16.4. The third kappa shape index (κ3) is 3.05. The molecule has 1 aromatic heterocycles. The van der Waals surface area contributed by atoms with Gasteiger partial charge in [0.2, 0.25) is 0 Å². The molecule has 1 atom stereocenters. The fourth-order valence-electron chi connectivity index (χ4n) is 2.66. The molecule has 0 saturated carbocycles. The predicted octanol–water partition coefficient (Wildman–Crippen LogP) is 2.29. The Bertz CT molecular complexity index is 701. The van der Waals surface area contributed by atoms with Crippen LogP contribution >= 0.6 is 0 Å². The minimum absolute atomic E-state index is 0.211. The number of pyridine rings is 1. The zero-order valence-electron chi connectivity index (χ0n) is 12.1. The number of nitrogens with zero attached hydrogens (tertiary/aromatic N) is 2. The maximum absolute atomic E-state index is 13.4. The van der Waals surface area contributed by atoms with Gasteiger partial charge in [0.05, 0.1) is 6.04 Å². The molecule has 1 aliphatic heterocycles. The third-order valence-electron chi connectivity index (χ3n) is 3.80. The van der Waals surface area contributed by atoms with E-state index in [0.29, 0.717) is 19.6 Å². The molecule has 2 heterocycles. The van der Waals surface area contributed by atoms with Crippen LogP contribution in [0.5, 0.6) is 0 Å². The van der Waals surface area contributed by atoms with E-state index in [-0.39, 0.29) is 11.6 Å². The summed E-state index contributed by atoms with van der Waals surface area (Å²) in [4.78, 5) is 18.2. The number of hydrogen-bond donors (Lipinski definition) is 1. The van der Waals surface area contributed by atoms with Crippen LogP contribution in [0.1, 0.15) is 22.0 Å². The number of benzene rings is 1. The number of piperazine rings is 1. The van der Waals surface area contributed by atoms with Crippen molar-refractivity contribution in [2.24, 2.45) is 0 Å². The van der Waals surface area contributed by atoms with Crippen LogP contribution in [0.2, 0.25) is 0 Å². The molecule has 3 rings (SSSR count). The second-order valence-corrected chi connectivity index (χ2v) is 5.26. The van der Waals surface area contributed by atoms with Gasteiger partial charge in [0.1, 0.15) is 0 Å². The SMILES string of the molecule is O=C(c1cc(F)c(F)c(F)c1)N1CCNCC1c1cccnc1. The molecule has 0 aliphatic carbocycles. The normalized spacial score (nSPS) is 18.0. The van der Waals surface area contributed by atoms with Gasteiger partial charge in [-0.1, -0.05) is 6.07 Å². The zero-order valence-corrected chi connectivity index (χ0v) is 12.1. The number of carbonyl (C=O) groups is 1. The van der Waals surface area contributed by atoms with Gasteiger partial charge in [-0.2, -0.15) is 0 Å². The molecule has 0 radical (unpaired) electrons. The van der Waals surface area contributed by atoms with Crippen LogP contribution in [0.4, 0.5) is 13.2 Å². The van der Waals surface area contributed by atoms with E-state index in [4.69, 9.17) is 0 Å². The molecule has 2 aromatic rings. The lowest BCUT2D eigenvalue weighted by molar-refractivity contribution is 0.0632. The van der Waals surface area contributed by atoms with Crippen molar-refractivity contribution >= 4 is 5.91 Å². The van der Waals surface area contributed by atoms with Gasteiger partial charge in [-0.3, -0.25) is 9.78 Å². The molecular formula is C16H14F3N3O. The Morgan fingerprint density at radius 1 is 1.26 bits per heavy atom. The van der Waals surface area contributed by atoms with Gasteiger partial charge in [0, 0.05) is 37.6 Å². The molecule has 1 fully saturated rings. The van der Waals surface area contributed by atoms with Gasteiger partial charge in [-0.25, -0.2) is 13.2 Å². The van der Waals surface area contributed by atoms with Crippen LogP contribution in [0, 0.1) is 17.5 Å². The summed E-state index contributed by atoms with van der Waals surface area (Å²) in [5.74, 6) is -4.87. The number of halogens is 3. The summed E-state index contributed by atoms with van der Waals surface area (Å²) in [6.45, 7) is 1.44. The minimum atomic E-state index is -1.58. The lowest BCUT2D eigenvalue weighted by atomic mass is 10.0. The van der Waals surface area contributed by atoms with Crippen LogP contribution in [0.15, 0.2) is 36.7 Å². The fourth-order valence-corrected chi connectivity index (χ4v) is 2.66. The Morgan fingerprint density at radius 2 is 2.00 bits per heavy atom. The lowest BCUT2D eigenvalue weighted by Gasteiger charge is -2.36. The van der Waals surface area contributed by atoms with Gasteiger partial charge in [0.25, 0.3) is 5.91 Å². The molecule has 1 N–H and O–H groups in total. The van der Waals surface area contributed by atoms with Crippen molar-refractivity contribution in [1.29, 1.82) is 0 Å². The van der Waals surface area contributed by atoms with Gasteiger partial charge in [0.15, 0.2) is 17.5 Å². The van der Waals surface area contributed by atoms with Crippen LogP contribution in [-0.2, 0) is 0 Å². The van der Waals surface area contributed by atoms with Crippen molar-refractivity contribution in [3.05, 3.63) is 65.2 Å². The molecule has 23 heavy (non-hydrogen) atoms. The van der Waals surface area contributed by atoms with E-state index in [2.05, 4.69) is 10.3 Å². The van der Waals surface area contributed by atoms with Gasteiger partial charge < -0.3 is 10.2 Å². The Hall–Kier alpha value is -2.41. The van der Waals surface area contributed by atoms with E-state index in [9.17, 15) is 18.0 Å². The Labute approximate surface area is 130 Å². The van der Waals surface area contributed by atoms with Crippen LogP contribution in [0.3, 0.4) is 0 Å². The molecule has 120 valence electrons. The third-order valence-corrected chi connectivity index (χ3v) is 3.80. The predicted molar refractivity (Wildman–Crippen MR) is 77.2 cm³/mol. The maximum Gasteiger partial charge on any atom is 0.254 e. The van der Waals surface area contributed by atoms with E-state index in [1.54, 1.807) is 18.5 Å². The molecule has 0 spiro atoms. The van der Waals surface area contributed by atoms with Crippen molar-refractivity contribution in [2.75, 3.05) is 19.6 Å². The first-order valence-corrected chi connectivity index (χ1v) is 7.14. The van der Waals surface area contributed by atoms with Crippen molar-refractivity contribution in [3.63, 3.8) is 0 Å². The number of aromatic nitrogens is 1. The smallest absolute Gasteiger partial charge is 0.254 e. The summed E-state index contributed by atoms with van der Waals surface area (Å²) in [5, 5.41) is 3.17. The monoisotopic (exact) mass is 321 g/mol. The first-order valence-electron chi connectivity index (χ1n) is 7.14. The number of carbonyl (C=O) groups excluding carboxylic acids is 1. The van der Waals surface area contributed by atoms with Gasteiger partial charge in [-0.05, 0) is 23.8 Å². The second-order valence-electron chi connectivity index (χ2n) is 5.26. The van der Waals surface area contributed by atoms with Gasteiger partial charge >= 0.3 is 0 Å². The van der Waals surface area contributed by atoms with E-state index in [0.717, 1.165) is 17.7 Å². The summed E-state index contributed by atoms with van der Waals surface area (Å²) >= 11 is 0. The van der Waals surface area contributed by atoms with Crippen LogP contribution < -0.4 is 5.32 Å². The quantitative estimate of drug-likeness (QED) is 0.863. The molecule has 4 nitrogen and oxygen atoms in total. The van der Waals surface area contributed by atoms with E-state index in [1.165, 1.54) is 4.90 Å². The summed E-state index contributed by atoms with van der Waals surface area (Å²) in [6, 6.07) is 4.73. The van der Waals surface area contributed by atoms with Gasteiger partial charge in [-0.15, -0.1) is 0 Å². The molecule has 1 aromatic carbocycles. The number of amides is 1. The van der Waals surface area contributed by atoms with E-state index >= 15 is 0 Å². The standard InChI is InChI=1S/C16H14F3N3O/c17-12-6-11(7-13(18)15(12)19)16(23)22-5-4-21-9-14(22)10-2-1-3-20-8-10/h1-3,6-8,14,21H,4-5,9H2. The van der Waals surface area contributed by atoms with Crippen LogP contribution in [0.25, 0.3) is 0 Å². The Balaban J connectivity index is 1.93. The molecule has 1 saturated heterocycles. The first-order chi connectivity index (χ1) is 11.1. The largest absolute Gasteiger partial charge is 0.329 e. The van der Waals surface area contributed by atoms with Crippen LogP contribution in [-0.4, -0.2) is 35.4 Å².